The molecule has 0 atom stereocenters. The maximum atomic E-state index is 12.6. The number of carbonyl (C=O) groups excluding carboxylic acids is 2. The molecule has 0 unspecified atom stereocenters. The molecule has 1 aliphatic carbocycles. The molecule has 6 heteroatoms. The summed E-state index contributed by atoms with van der Waals surface area (Å²) in [7, 11) is 1.91. The van der Waals surface area contributed by atoms with Gasteiger partial charge in [-0.05, 0) is 37.1 Å². The lowest BCUT2D eigenvalue weighted by Crippen LogP contribution is -2.39. The minimum absolute atomic E-state index is 0.114. The monoisotopic (exact) mass is 411 g/mol. The fourth-order valence-electron chi connectivity index (χ4n) is 3.64. The summed E-state index contributed by atoms with van der Waals surface area (Å²) < 4.78 is 0. The molecule has 3 rings (SSSR count). The van der Waals surface area contributed by atoms with Crippen LogP contribution in [0.5, 0.6) is 0 Å². The standard InChI is InChI=1S/C23H29N3O2S/c1-26(19-10-3-2-4-11-19)22(27)17-29-21-13-6-5-12-20(21)23(28)25-16-14-18-9-7-8-15-24-18/h5-9,12-13,15,19H,2-4,10-11,14,16-17H2,1H3,(H,25,28). The molecule has 1 saturated carbocycles. The van der Waals surface area contributed by atoms with E-state index in [1.54, 1.807) is 6.20 Å². The smallest absolute Gasteiger partial charge is 0.252 e. The van der Waals surface area contributed by atoms with Crippen molar-refractivity contribution in [3.63, 3.8) is 0 Å². The van der Waals surface area contributed by atoms with Crippen molar-refractivity contribution in [2.45, 2.75) is 49.5 Å². The maximum Gasteiger partial charge on any atom is 0.252 e. The number of nitrogens with zero attached hydrogens (tertiary/aromatic N) is 2. The topological polar surface area (TPSA) is 62.3 Å². The quantitative estimate of drug-likeness (QED) is 0.669. The summed E-state index contributed by atoms with van der Waals surface area (Å²) in [5, 5.41) is 2.96. The van der Waals surface area contributed by atoms with Crippen molar-refractivity contribution in [2.75, 3.05) is 19.3 Å². The average Bonchev–Trinajstić information content (AvgIpc) is 2.78. The Kier molecular flexibility index (Phi) is 8.11. The minimum Gasteiger partial charge on any atom is -0.352 e. The molecule has 1 aliphatic rings. The average molecular weight is 412 g/mol. The number of pyridine rings is 1. The molecule has 1 heterocycles. The van der Waals surface area contributed by atoms with E-state index >= 15 is 0 Å². The van der Waals surface area contributed by atoms with Crippen LogP contribution in [0.25, 0.3) is 0 Å². The Bertz CT molecular complexity index is 807. The second-order valence-corrected chi connectivity index (χ2v) is 8.43. The van der Waals surface area contributed by atoms with Gasteiger partial charge in [-0.25, -0.2) is 0 Å². The Labute approximate surface area is 177 Å². The summed E-state index contributed by atoms with van der Waals surface area (Å²) in [6, 6.07) is 13.6. The third kappa shape index (κ3) is 6.32. The lowest BCUT2D eigenvalue weighted by molar-refractivity contribution is -0.129. The van der Waals surface area contributed by atoms with Crippen molar-refractivity contribution in [3.8, 4) is 0 Å². The third-order valence-corrected chi connectivity index (χ3v) is 6.45. The lowest BCUT2D eigenvalue weighted by atomic mass is 9.94. The van der Waals surface area contributed by atoms with Crippen molar-refractivity contribution >= 4 is 23.6 Å². The fourth-order valence-corrected chi connectivity index (χ4v) is 4.61. The summed E-state index contributed by atoms with van der Waals surface area (Å²) in [5.74, 6) is 0.370. The first-order chi connectivity index (χ1) is 14.1. The van der Waals surface area contributed by atoms with Gasteiger partial charge < -0.3 is 10.2 Å². The van der Waals surface area contributed by atoms with Crippen LogP contribution < -0.4 is 5.32 Å². The predicted octanol–water partition coefficient (Wildman–Crippen LogP) is 3.94. The Balaban J connectivity index is 1.52. The molecule has 2 amide bonds. The van der Waals surface area contributed by atoms with Gasteiger partial charge in [0.15, 0.2) is 0 Å². The van der Waals surface area contributed by atoms with Crippen molar-refractivity contribution < 1.29 is 9.59 Å². The third-order valence-electron chi connectivity index (χ3n) is 5.39. The van der Waals surface area contributed by atoms with Gasteiger partial charge in [0.2, 0.25) is 5.91 Å². The van der Waals surface area contributed by atoms with E-state index in [1.165, 1.54) is 31.0 Å². The number of thioether (sulfide) groups is 1. The number of aromatic nitrogens is 1. The van der Waals surface area contributed by atoms with Crippen LogP contribution in [-0.4, -0.2) is 47.1 Å². The molecular weight excluding hydrogens is 382 g/mol. The molecule has 1 N–H and O–H groups in total. The van der Waals surface area contributed by atoms with Gasteiger partial charge in [-0.2, -0.15) is 0 Å². The van der Waals surface area contributed by atoms with E-state index in [-0.39, 0.29) is 11.8 Å². The van der Waals surface area contributed by atoms with E-state index < -0.39 is 0 Å². The summed E-state index contributed by atoms with van der Waals surface area (Å²) in [6.45, 7) is 0.526. The number of hydrogen-bond acceptors (Lipinski definition) is 4. The van der Waals surface area contributed by atoms with Crippen molar-refractivity contribution in [3.05, 3.63) is 59.9 Å². The normalized spacial score (nSPS) is 14.4. The molecule has 1 fully saturated rings. The highest BCUT2D eigenvalue weighted by Gasteiger charge is 2.22. The zero-order chi connectivity index (χ0) is 20.5. The van der Waals surface area contributed by atoms with E-state index in [2.05, 4.69) is 10.3 Å². The van der Waals surface area contributed by atoms with E-state index in [0.717, 1.165) is 23.4 Å². The van der Waals surface area contributed by atoms with Crippen LogP contribution >= 0.6 is 11.8 Å². The van der Waals surface area contributed by atoms with Gasteiger partial charge in [-0.3, -0.25) is 14.6 Å². The maximum absolute atomic E-state index is 12.6. The first-order valence-electron chi connectivity index (χ1n) is 10.3. The molecule has 1 aromatic carbocycles. The second-order valence-electron chi connectivity index (χ2n) is 7.41. The van der Waals surface area contributed by atoms with Crippen LogP contribution in [0.2, 0.25) is 0 Å². The van der Waals surface area contributed by atoms with E-state index in [9.17, 15) is 9.59 Å². The van der Waals surface area contributed by atoms with Crippen LogP contribution in [0.3, 0.4) is 0 Å². The van der Waals surface area contributed by atoms with Gasteiger partial charge in [-0.1, -0.05) is 37.5 Å². The first-order valence-corrected chi connectivity index (χ1v) is 11.3. The molecular formula is C23H29N3O2S. The highest BCUT2D eigenvalue weighted by molar-refractivity contribution is 8.00. The minimum atomic E-state index is -0.114. The molecule has 0 saturated heterocycles. The lowest BCUT2D eigenvalue weighted by Gasteiger charge is -2.31. The molecule has 0 bridgehead atoms. The number of benzene rings is 1. The SMILES string of the molecule is CN(C(=O)CSc1ccccc1C(=O)NCCc1ccccn1)C1CCCCC1. The van der Waals surface area contributed by atoms with Crippen LogP contribution in [0.1, 0.15) is 48.2 Å². The summed E-state index contributed by atoms with van der Waals surface area (Å²) in [4.78, 5) is 32.3. The van der Waals surface area contributed by atoms with Gasteiger partial charge in [-0.15, -0.1) is 11.8 Å². The highest BCUT2D eigenvalue weighted by atomic mass is 32.2. The van der Waals surface area contributed by atoms with Crippen molar-refractivity contribution in [2.24, 2.45) is 0 Å². The summed E-state index contributed by atoms with van der Waals surface area (Å²) >= 11 is 1.44. The van der Waals surface area contributed by atoms with Gasteiger partial charge in [0.05, 0.1) is 11.3 Å². The molecule has 1 aromatic heterocycles. The zero-order valence-corrected chi connectivity index (χ0v) is 17.8. The predicted molar refractivity (Wildman–Crippen MR) is 117 cm³/mol. The van der Waals surface area contributed by atoms with Crippen LogP contribution in [-0.2, 0) is 11.2 Å². The molecule has 154 valence electrons. The highest BCUT2D eigenvalue weighted by Crippen LogP contribution is 2.25. The molecule has 2 aromatic rings. The van der Waals surface area contributed by atoms with E-state index in [0.29, 0.717) is 30.3 Å². The Morgan fingerprint density at radius 2 is 1.86 bits per heavy atom. The van der Waals surface area contributed by atoms with Crippen LogP contribution in [0, 0.1) is 0 Å². The van der Waals surface area contributed by atoms with Crippen LogP contribution in [0.4, 0.5) is 0 Å². The van der Waals surface area contributed by atoms with Crippen LogP contribution in [0.15, 0.2) is 53.6 Å². The van der Waals surface area contributed by atoms with Gasteiger partial charge in [0.25, 0.3) is 5.91 Å². The number of carbonyl (C=O) groups is 2. The number of hydrogen-bond donors (Lipinski definition) is 1. The Hall–Kier alpha value is -2.34. The van der Waals surface area contributed by atoms with Crippen molar-refractivity contribution in [1.29, 1.82) is 0 Å². The van der Waals surface area contributed by atoms with E-state index in [4.69, 9.17) is 0 Å². The molecule has 0 aliphatic heterocycles. The van der Waals surface area contributed by atoms with Crippen molar-refractivity contribution in [1.82, 2.24) is 15.2 Å². The first kappa shape index (κ1) is 21.4. The summed E-state index contributed by atoms with van der Waals surface area (Å²) in [5.41, 5.74) is 1.57. The molecule has 0 radical (unpaired) electrons. The fraction of sp³-hybridized carbons (Fsp3) is 0.435. The zero-order valence-electron chi connectivity index (χ0n) is 17.0. The van der Waals surface area contributed by atoms with Gasteiger partial charge in [0.1, 0.15) is 0 Å². The second kappa shape index (κ2) is 11.0. The molecule has 29 heavy (non-hydrogen) atoms. The number of amides is 2. The number of rotatable bonds is 8. The molecule has 5 nitrogen and oxygen atoms in total. The van der Waals surface area contributed by atoms with Gasteiger partial charge >= 0.3 is 0 Å². The largest absolute Gasteiger partial charge is 0.352 e. The summed E-state index contributed by atoms with van der Waals surface area (Å²) in [6.07, 6.45) is 8.32. The Morgan fingerprint density at radius 3 is 2.62 bits per heavy atom. The number of nitrogens with one attached hydrogen (secondary N) is 1. The van der Waals surface area contributed by atoms with Gasteiger partial charge in [0, 0.05) is 42.8 Å². The van der Waals surface area contributed by atoms with E-state index in [1.807, 2.05) is 54.4 Å². The Morgan fingerprint density at radius 1 is 1.10 bits per heavy atom. The molecule has 0 spiro atoms.